The molecule has 0 aliphatic heterocycles. The van der Waals surface area contributed by atoms with Crippen LogP contribution >= 0.6 is 12.2 Å². The van der Waals surface area contributed by atoms with Crippen LogP contribution in [0.2, 0.25) is 0 Å². The largest absolute Gasteiger partial charge is 0.350 e. The summed E-state index contributed by atoms with van der Waals surface area (Å²) in [7, 11) is 0. The third kappa shape index (κ3) is 3.62. The van der Waals surface area contributed by atoms with Crippen molar-refractivity contribution < 1.29 is 9.18 Å². The van der Waals surface area contributed by atoms with E-state index in [-0.39, 0.29) is 18.0 Å². The van der Waals surface area contributed by atoms with Crippen LogP contribution in [0.5, 0.6) is 0 Å². The summed E-state index contributed by atoms with van der Waals surface area (Å²) in [5.41, 5.74) is 0.566. The summed E-state index contributed by atoms with van der Waals surface area (Å²) in [6.45, 7) is 1.46. The molecule has 0 amide bonds. The van der Waals surface area contributed by atoms with Crippen LogP contribution in [-0.2, 0) is 4.79 Å². The minimum absolute atomic E-state index is 0.0149. The quantitative estimate of drug-likeness (QED) is 0.779. The summed E-state index contributed by atoms with van der Waals surface area (Å²) < 4.78 is 12.7. The smallest absolute Gasteiger partial charge is 0.136 e. The lowest BCUT2D eigenvalue weighted by Crippen LogP contribution is -2.12. The van der Waals surface area contributed by atoms with E-state index in [1.54, 1.807) is 12.1 Å². The van der Waals surface area contributed by atoms with E-state index in [2.05, 4.69) is 5.32 Å². The van der Waals surface area contributed by atoms with Gasteiger partial charge in [0, 0.05) is 5.69 Å². The standard InChI is InChI=1S/C10H10FNOS/c1-7(13)5-10(14)12-9-4-2-3-8(11)6-9/h2-4,6H,5H2,1H3,(H,12,14). The Morgan fingerprint density at radius 1 is 1.57 bits per heavy atom. The van der Waals surface area contributed by atoms with E-state index in [1.165, 1.54) is 19.1 Å². The predicted octanol–water partition coefficient (Wildman–Crippen LogP) is 2.54. The van der Waals surface area contributed by atoms with Crippen molar-refractivity contribution in [3.63, 3.8) is 0 Å². The van der Waals surface area contributed by atoms with Crippen LogP contribution < -0.4 is 5.32 Å². The van der Waals surface area contributed by atoms with Crippen molar-refractivity contribution >= 4 is 28.7 Å². The average Bonchev–Trinajstić information content (AvgIpc) is 2.01. The lowest BCUT2D eigenvalue weighted by molar-refractivity contribution is -0.115. The van der Waals surface area contributed by atoms with Gasteiger partial charge in [0.15, 0.2) is 0 Å². The first-order valence-corrected chi connectivity index (χ1v) is 4.53. The van der Waals surface area contributed by atoms with Crippen molar-refractivity contribution in [3.8, 4) is 0 Å². The number of rotatable bonds is 3. The molecule has 0 aliphatic carbocycles. The molecule has 0 aliphatic rings. The fourth-order valence-corrected chi connectivity index (χ4v) is 1.32. The number of halogens is 1. The summed E-state index contributed by atoms with van der Waals surface area (Å²) in [4.78, 5) is 11.1. The number of benzene rings is 1. The summed E-state index contributed by atoms with van der Waals surface area (Å²) in [5.74, 6) is -0.348. The summed E-state index contributed by atoms with van der Waals surface area (Å²) >= 11 is 4.90. The molecule has 14 heavy (non-hydrogen) atoms. The van der Waals surface area contributed by atoms with Gasteiger partial charge in [-0.3, -0.25) is 4.79 Å². The van der Waals surface area contributed by atoms with E-state index in [9.17, 15) is 9.18 Å². The van der Waals surface area contributed by atoms with Gasteiger partial charge in [-0.15, -0.1) is 0 Å². The van der Waals surface area contributed by atoms with E-state index in [0.717, 1.165) is 0 Å². The number of thiocarbonyl (C=S) groups is 1. The molecule has 0 aromatic heterocycles. The van der Waals surface area contributed by atoms with Crippen LogP contribution in [0.3, 0.4) is 0 Å². The normalized spacial score (nSPS) is 9.57. The molecule has 0 saturated carbocycles. The molecule has 74 valence electrons. The van der Waals surface area contributed by atoms with E-state index in [0.29, 0.717) is 10.7 Å². The van der Waals surface area contributed by atoms with Gasteiger partial charge < -0.3 is 5.32 Å². The number of carbonyl (C=O) groups is 1. The van der Waals surface area contributed by atoms with Crippen LogP contribution in [0.25, 0.3) is 0 Å². The molecule has 0 atom stereocenters. The van der Waals surface area contributed by atoms with Crippen LogP contribution in [-0.4, -0.2) is 10.8 Å². The Morgan fingerprint density at radius 3 is 2.86 bits per heavy atom. The summed E-state index contributed by atoms with van der Waals surface area (Å²) in [5, 5.41) is 2.78. The zero-order valence-electron chi connectivity index (χ0n) is 7.71. The van der Waals surface area contributed by atoms with Gasteiger partial charge in [0.05, 0.1) is 11.4 Å². The molecule has 0 radical (unpaired) electrons. The highest BCUT2D eigenvalue weighted by Gasteiger charge is 2.01. The number of carbonyl (C=O) groups excluding carboxylic acids is 1. The second kappa shape index (κ2) is 4.81. The van der Waals surface area contributed by atoms with E-state index >= 15 is 0 Å². The lowest BCUT2D eigenvalue weighted by Gasteiger charge is -2.05. The van der Waals surface area contributed by atoms with Gasteiger partial charge in [0.1, 0.15) is 11.6 Å². The molecule has 0 saturated heterocycles. The number of Topliss-reactive ketones (excluding diaryl/α,β-unsaturated/α-hetero) is 1. The zero-order valence-corrected chi connectivity index (χ0v) is 8.53. The van der Waals surface area contributed by atoms with Crippen LogP contribution in [0.1, 0.15) is 13.3 Å². The first-order chi connectivity index (χ1) is 6.58. The molecule has 0 fully saturated rings. The molecule has 0 bridgehead atoms. The third-order valence-electron chi connectivity index (χ3n) is 1.52. The number of ketones is 1. The second-order valence-electron chi connectivity index (χ2n) is 2.94. The van der Waals surface area contributed by atoms with Crippen molar-refractivity contribution in [2.24, 2.45) is 0 Å². The van der Waals surface area contributed by atoms with Crippen molar-refractivity contribution in [2.75, 3.05) is 5.32 Å². The molecular weight excluding hydrogens is 201 g/mol. The zero-order chi connectivity index (χ0) is 10.6. The predicted molar refractivity (Wildman–Crippen MR) is 57.9 cm³/mol. The van der Waals surface area contributed by atoms with Gasteiger partial charge in [-0.05, 0) is 25.1 Å². The SMILES string of the molecule is CC(=O)CC(=S)Nc1cccc(F)c1. The Balaban J connectivity index is 2.60. The maximum absolute atomic E-state index is 12.7. The Kier molecular flexibility index (Phi) is 3.71. The minimum Gasteiger partial charge on any atom is -0.350 e. The van der Waals surface area contributed by atoms with Crippen molar-refractivity contribution in [1.29, 1.82) is 0 Å². The fraction of sp³-hybridized carbons (Fsp3) is 0.200. The maximum atomic E-state index is 12.7. The van der Waals surface area contributed by atoms with Crippen LogP contribution in [0.4, 0.5) is 10.1 Å². The van der Waals surface area contributed by atoms with Gasteiger partial charge >= 0.3 is 0 Å². The molecule has 4 heteroatoms. The number of hydrogen-bond donors (Lipinski definition) is 1. The van der Waals surface area contributed by atoms with Gasteiger partial charge in [-0.2, -0.15) is 0 Å². The topological polar surface area (TPSA) is 29.1 Å². The van der Waals surface area contributed by atoms with Crippen molar-refractivity contribution in [1.82, 2.24) is 0 Å². The summed E-state index contributed by atoms with van der Waals surface area (Å²) in [6.07, 6.45) is 0.186. The van der Waals surface area contributed by atoms with Gasteiger partial charge in [-0.1, -0.05) is 18.3 Å². The monoisotopic (exact) mass is 211 g/mol. The van der Waals surface area contributed by atoms with Gasteiger partial charge in [0.25, 0.3) is 0 Å². The fourth-order valence-electron chi connectivity index (χ4n) is 0.998. The van der Waals surface area contributed by atoms with E-state index in [1.807, 2.05) is 0 Å². The van der Waals surface area contributed by atoms with E-state index in [4.69, 9.17) is 12.2 Å². The molecule has 0 heterocycles. The maximum Gasteiger partial charge on any atom is 0.136 e. The molecule has 2 nitrogen and oxygen atoms in total. The molecule has 1 aromatic carbocycles. The number of nitrogens with one attached hydrogen (secondary N) is 1. The second-order valence-corrected chi connectivity index (χ2v) is 3.43. The Bertz CT molecular complexity index is 365. The average molecular weight is 211 g/mol. The first kappa shape index (κ1) is 10.8. The minimum atomic E-state index is -0.333. The number of hydrogen-bond acceptors (Lipinski definition) is 2. The summed E-state index contributed by atoms with van der Waals surface area (Å²) in [6, 6.07) is 5.94. The molecule has 1 rings (SSSR count). The first-order valence-electron chi connectivity index (χ1n) is 4.13. The highest BCUT2D eigenvalue weighted by molar-refractivity contribution is 7.80. The van der Waals surface area contributed by atoms with Crippen molar-refractivity contribution in [3.05, 3.63) is 30.1 Å². The molecule has 1 aromatic rings. The third-order valence-corrected chi connectivity index (χ3v) is 1.76. The molecule has 0 unspecified atom stereocenters. The Morgan fingerprint density at radius 2 is 2.29 bits per heavy atom. The molecular formula is C10H10FNOS. The highest BCUT2D eigenvalue weighted by Crippen LogP contribution is 2.09. The van der Waals surface area contributed by atoms with E-state index < -0.39 is 0 Å². The van der Waals surface area contributed by atoms with Crippen LogP contribution in [0.15, 0.2) is 24.3 Å². The van der Waals surface area contributed by atoms with Crippen molar-refractivity contribution in [2.45, 2.75) is 13.3 Å². The lowest BCUT2D eigenvalue weighted by atomic mass is 10.3. The Hall–Kier alpha value is -1.29. The van der Waals surface area contributed by atoms with Gasteiger partial charge in [0.2, 0.25) is 0 Å². The molecule has 0 spiro atoms. The number of anilines is 1. The van der Waals surface area contributed by atoms with Crippen LogP contribution in [0, 0.1) is 5.82 Å². The Labute approximate surface area is 87.1 Å². The molecule has 1 N–H and O–H groups in total. The van der Waals surface area contributed by atoms with Gasteiger partial charge in [-0.25, -0.2) is 4.39 Å². The highest BCUT2D eigenvalue weighted by atomic mass is 32.1.